The predicted molar refractivity (Wildman–Crippen MR) is 148 cm³/mol. The summed E-state index contributed by atoms with van der Waals surface area (Å²) in [6.07, 6.45) is 4.66. The molecule has 3 unspecified atom stereocenters. The first-order valence-electron chi connectivity index (χ1n) is 13.7. The van der Waals surface area contributed by atoms with Gasteiger partial charge in [-0.05, 0) is 62.6 Å². The summed E-state index contributed by atoms with van der Waals surface area (Å²) in [5.74, 6) is 0.439. The third-order valence-electron chi connectivity index (χ3n) is 8.21. The van der Waals surface area contributed by atoms with Crippen molar-refractivity contribution in [2.45, 2.75) is 56.2 Å². The van der Waals surface area contributed by atoms with Gasteiger partial charge in [0.2, 0.25) is 5.91 Å². The molecule has 10 nitrogen and oxygen atoms in total. The summed E-state index contributed by atoms with van der Waals surface area (Å²) < 4.78 is 11.5. The van der Waals surface area contributed by atoms with E-state index in [1.807, 2.05) is 30.0 Å². The summed E-state index contributed by atoms with van der Waals surface area (Å²) >= 11 is 1.49. The molecular formula is C28H35N5O5S. The van der Waals surface area contributed by atoms with E-state index in [0.717, 1.165) is 55.8 Å². The number of piperidine rings is 2. The van der Waals surface area contributed by atoms with Gasteiger partial charge in [-0.2, -0.15) is 0 Å². The maximum absolute atomic E-state index is 13.6. The monoisotopic (exact) mass is 553 g/mol. The van der Waals surface area contributed by atoms with Gasteiger partial charge in [-0.25, -0.2) is 4.79 Å². The second-order valence-corrected chi connectivity index (χ2v) is 11.9. The second-order valence-electron chi connectivity index (χ2n) is 10.8. The van der Waals surface area contributed by atoms with E-state index in [4.69, 9.17) is 9.47 Å². The lowest BCUT2D eigenvalue weighted by Gasteiger charge is -2.46. The number of carbonyl (C=O) groups is 3. The van der Waals surface area contributed by atoms with Crippen LogP contribution in [0.25, 0.3) is 0 Å². The van der Waals surface area contributed by atoms with Crippen molar-refractivity contribution in [3.8, 4) is 5.75 Å². The Morgan fingerprint density at radius 1 is 1.28 bits per heavy atom. The maximum Gasteiger partial charge on any atom is 0.326 e. The van der Waals surface area contributed by atoms with E-state index in [9.17, 15) is 14.4 Å². The molecule has 4 saturated heterocycles. The minimum Gasteiger partial charge on any atom is -0.488 e. The molecule has 0 bridgehead atoms. The lowest BCUT2D eigenvalue weighted by atomic mass is 9.86. The fourth-order valence-corrected chi connectivity index (χ4v) is 7.75. The highest BCUT2D eigenvalue weighted by Crippen LogP contribution is 2.48. The molecule has 4 fully saturated rings. The number of ether oxygens (including phenoxy) is 2. The first-order chi connectivity index (χ1) is 18.9. The van der Waals surface area contributed by atoms with E-state index in [1.54, 1.807) is 4.90 Å². The van der Waals surface area contributed by atoms with Crippen LogP contribution in [0.4, 0.5) is 10.5 Å². The summed E-state index contributed by atoms with van der Waals surface area (Å²) in [4.78, 5) is 43.3. The molecule has 208 valence electrons. The molecule has 5 aliphatic heterocycles. The van der Waals surface area contributed by atoms with Crippen LogP contribution in [0.2, 0.25) is 0 Å². The number of likely N-dealkylation sites (tertiary alicyclic amines) is 1. The molecule has 0 spiro atoms. The van der Waals surface area contributed by atoms with Gasteiger partial charge in [0, 0.05) is 42.9 Å². The van der Waals surface area contributed by atoms with Gasteiger partial charge in [0.25, 0.3) is 5.91 Å². The highest BCUT2D eigenvalue weighted by molar-refractivity contribution is 8.04. The molecule has 5 aliphatic rings. The molecule has 1 aromatic rings. The van der Waals surface area contributed by atoms with Gasteiger partial charge in [-0.3, -0.25) is 14.5 Å². The zero-order valence-corrected chi connectivity index (χ0v) is 22.9. The van der Waals surface area contributed by atoms with Crippen molar-refractivity contribution in [1.82, 2.24) is 20.9 Å². The van der Waals surface area contributed by atoms with Gasteiger partial charge in [0.15, 0.2) is 0 Å². The summed E-state index contributed by atoms with van der Waals surface area (Å²) in [7, 11) is 0. The van der Waals surface area contributed by atoms with Crippen LogP contribution in [-0.2, 0) is 14.3 Å². The Morgan fingerprint density at radius 2 is 2.15 bits per heavy atom. The Balaban J connectivity index is 1.21. The van der Waals surface area contributed by atoms with E-state index >= 15 is 0 Å². The molecule has 4 amide bonds. The average Bonchev–Trinajstić information content (AvgIpc) is 3.58. The number of benzene rings is 1. The Kier molecular flexibility index (Phi) is 7.30. The summed E-state index contributed by atoms with van der Waals surface area (Å²) in [5.41, 5.74) is 2.52. The molecule has 0 aromatic heterocycles. The van der Waals surface area contributed by atoms with Gasteiger partial charge in [-0.15, -0.1) is 0 Å². The zero-order valence-electron chi connectivity index (χ0n) is 22.1. The van der Waals surface area contributed by atoms with Crippen LogP contribution < -0.4 is 25.6 Å². The number of nitrogens with zero attached hydrogens (tertiary/aromatic N) is 2. The minimum atomic E-state index is -0.221. The van der Waals surface area contributed by atoms with Crippen molar-refractivity contribution in [2.75, 3.05) is 37.7 Å². The van der Waals surface area contributed by atoms with E-state index in [-0.39, 0.29) is 47.3 Å². The fourth-order valence-electron chi connectivity index (χ4n) is 6.35. The van der Waals surface area contributed by atoms with Crippen molar-refractivity contribution in [1.29, 1.82) is 0 Å². The SMILES string of the molecule is C=CC(=O)N1CCC[C@@H](NC(=O)C2=C3NC(=O)N(c4ccc(O[C@@H]5CCOC5)cc4C)C4CCNC(S2)C34)C1. The third-order valence-corrected chi connectivity index (χ3v) is 9.56. The molecule has 5 atom stereocenters. The number of carbonyl (C=O) groups excluding carboxylic acids is 3. The number of anilines is 1. The number of nitrogens with one attached hydrogen (secondary N) is 3. The van der Waals surface area contributed by atoms with E-state index < -0.39 is 0 Å². The van der Waals surface area contributed by atoms with Crippen LogP contribution >= 0.6 is 11.8 Å². The highest BCUT2D eigenvalue weighted by Gasteiger charge is 2.52. The van der Waals surface area contributed by atoms with Crippen LogP contribution in [0.3, 0.4) is 0 Å². The van der Waals surface area contributed by atoms with E-state index in [0.29, 0.717) is 30.3 Å². The highest BCUT2D eigenvalue weighted by atomic mass is 32.2. The number of hydrogen-bond acceptors (Lipinski definition) is 7. The van der Waals surface area contributed by atoms with Crippen LogP contribution in [0.15, 0.2) is 41.5 Å². The molecule has 0 aliphatic carbocycles. The Hall–Kier alpha value is -3.02. The van der Waals surface area contributed by atoms with Crippen LogP contribution in [0.5, 0.6) is 5.75 Å². The van der Waals surface area contributed by atoms with Gasteiger partial charge in [-0.1, -0.05) is 18.3 Å². The first kappa shape index (κ1) is 26.2. The van der Waals surface area contributed by atoms with Gasteiger partial charge in [0.05, 0.1) is 29.5 Å². The lowest BCUT2D eigenvalue weighted by molar-refractivity contribution is -0.128. The summed E-state index contributed by atoms with van der Waals surface area (Å²) in [6.45, 7) is 8.78. The van der Waals surface area contributed by atoms with Crippen molar-refractivity contribution in [2.24, 2.45) is 5.92 Å². The van der Waals surface area contributed by atoms with Crippen LogP contribution in [-0.4, -0.2) is 79.2 Å². The molecule has 0 radical (unpaired) electrons. The summed E-state index contributed by atoms with van der Waals surface area (Å²) in [6, 6.07) is 5.44. The van der Waals surface area contributed by atoms with Crippen LogP contribution in [0, 0.1) is 12.8 Å². The van der Waals surface area contributed by atoms with Crippen molar-refractivity contribution in [3.63, 3.8) is 0 Å². The van der Waals surface area contributed by atoms with E-state index in [1.165, 1.54) is 17.8 Å². The third kappa shape index (κ3) is 5.03. The standard InChI is InChI=1S/C28H35N5O5S/c1-3-22(34)32-11-4-5-17(14-32)30-26(35)25-24-23-21(8-10-29-27(23)39-25)33(28(36)31-24)20-7-6-18(13-16(20)2)38-19-9-12-37-15-19/h3,6-7,13,17,19,21,23,27,29H,1,4-5,8-12,14-15H2,2H3,(H,30,35)(H,31,36)/t17-,19-,21?,23?,27?/m1/s1. The molecule has 3 N–H and O–H groups in total. The molecule has 0 saturated carbocycles. The molecule has 39 heavy (non-hydrogen) atoms. The minimum absolute atomic E-state index is 0.00178. The van der Waals surface area contributed by atoms with Crippen molar-refractivity contribution in [3.05, 3.63) is 47.0 Å². The van der Waals surface area contributed by atoms with Gasteiger partial charge in [0.1, 0.15) is 11.9 Å². The van der Waals surface area contributed by atoms with Crippen LogP contribution in [0.1, 0.15) is 31.2 Å². The molecule has 1 aromatic carbocycles. The smallest absolute Gasteiger partial charge is 0.326 e. The molecule has 5 heterocycles. The zero-order chi connectivity index (χ0) is 27.1. The Bertz CT molecular complexity index is 1210. The number of rotatable bonds is 6. The van der Waals surface area contributed by atoms with E-state index in [2.05, 4.69) is 22.5 Å². The first-order valence-corrected chi connectivity index (χ1v) is 14.6. The molecule has 6 rings (SSSR count). The number of urea groups is 1. The Morgan fingerprint density at radius 3 is 2.92 bits per heavy atom. The van der Waals surface area contributed by atoms with Gasteiger partial charge >= 0.3 is 6.03 Å². The number of amides is 4. The Labute approximate surface area is 232 Å². The largest absolute Gasteiger partial charge is 0.488 e. The fraction of sp³-hybridized carbons (Fsp3) is 0.536. The predicted octanol–water partition coefficient (Wildman–Crippen LogP) is 2.25. The average molecular weight is 554 g/mol. The topological polar surface area (TPSA) is 112 Å². The lowest BCUT2D eigenvalue weighted by Crippen LogP contribution is -2.62. The quantitative estimate of drug-likeness (QED) is 0.464. The summed E-state index contributed by atoms with van der Waals surface area (Å²) in [5, 5.41) is 9.75. The number of hydrogen-bond donors (Lipinski definition) is 3. The van der Waals surface area contributed by atoms with Crippen molar-refractivity contribution < 1.29 is 23.9 Å². The van der Waals surface area contributed by atoms with Gasteiger partial charge < -0.3 is 30.3 Å². The molecular weight excluding hydrogens is 518 g/mol. The molecule has 11 heteroatoms. The number of thioether (sulfide) groups is 1. The number of aryl methyl sites for hydroxylation is 1. The van der Waals surface area contributed by atoms with Crippen molar-refractivity contribution >= 4 is 35.3 Å². The normalized spacial score (nSPS) is 30.1. The second kappa shape index (κ2) is 10.9. The maximum atomic E-state index is 13.6.